The Bertz CT molecular complexity index is 987. The summed E-state index contributed by atoms with van der Waals surface area (Å²) in [5.41, 5.74) is 3.90. The normalized spacial score (nSPS) is 10.6. The van der Waals surface area contributed by atoms with Gasteiger partial charge in [-0.3, -0.25) is 9.59 Å². The van der Waals surface area contributed by atoms with Gasteiger partial charge in [-0.05, 0) is 35.9 Å². The lowest BCUT2D eigenvalue weighted by molar-refractivity contribution is 0.0953. The molecular weight excluding hydrogens is 345 g/mol. The van der Waals surface area contributed by atoms with Gasteiger partial charge < -0.3 is 5.32 Å². The van der Waals surface area contributed by atoms with Crippen LogP contribution in [0, 0.1) is 5.82 Å². The van der Waals surface area contributed by atoms with Crippen LogP contribution in [0.1, 0.15) is 26.3 Å². The molecule has 3 aromatic carbocycles. The lowest BCUT2D eigenvalue weighted by atomic mass is 10.1. The number of carbonyl (C=O) groups is 2. The van der Waals surface area contributed by atoms with Gasteiger partial charge in [0, 0.05) is 11.3 Å². The minimum absolute atomic E-state index is 0.0696. The Labute approximate surface area is 155 Å². The van der Waals surface area contributed by atoms with E-state index in [-0.39, 0.29) is 5.56 Å². The number of carbonyl (C=O) groups excluding carboxylic acids is 2. The highest BCUT2D eigenvalue weighted by atomic mass is 19.1. The average Bonchev–Trinajstić information content (AvgIpc) is 2.69. The van der Waals surface area contributed by atoms with Gasteiger partial charge in [0.25, 0.3) is 11.8 Å². The van der Waals surface area contributed by atoms with Gasteiger partial charge in [-0.25, -0.2) is 9.82 Å². The third-order valence-corrected chi connectivity index (χ3v) is 3.68. The van der Waals surface area contributed by atoms with E-state index in [1.165, 1.54) is 30.5 Å². The van der Waals surface area contributed by atoms with Crippen LogP contribution in [-0.2, 0) is 0 Å². The van der Waals surface area contributed by atoms with Gasteiger partial charge in [0.1, 0.15) is 5.82 Å². The summed E-state index contributed by atoms with van der Waals surface area (Å²) in [6.45, 7) is 0. The molecule has 2 amide bonds. The van der Waals surface area contributed by atoms with Crippen molar-refractivity contribution in [1.82, 2.24) is 5.43 Å². The van der Waals surface area contributed by atoms with Crippen LogP contribution in [-0.4, -0.2) is 18.0 Å². The van der Waals surface area contributed by atoms with E-state index in [4.69, 9.17) is 0 Å². The van der Waals surface area contributed by atoms with Crippen molar-refractivity contribution in [3.63, 3.8) is 0 Å². The monoisotopic (exact) mass is 361 g/mol. The second-order valence-corrected chi connectivity index (χ2v) is 5.62. The van der Waals surface area contributed by atoms with E-state index in [0.717, 1.165) is 5.56 Å². The number of nitrogens with one attached hydrogen (secondary N) is 2. The van der Waals surface area contributed by atoms with Crippen molar-refractivity contribution < 1.29 is 14.0 Å². The number of amides is 2. The molecule has 0 aliphatic heterocycles. The summed E-state index contributed by atoms with van der Waals surface area (Å²) in [6.07, 6.45) is 1.53. The first kappa shape index (κ1) is 18.0. The number of rotatable bonds is 5. The smallest absolute Gasteiger partial charge is 0.271 e. The van der Waals surface area contributed by atoms with E-state index in [2.05, 4.69) is 15.8 Å². The van der Waals surface area contributed by atoms with E-state index >= 15 is 0 Å². The van der Waals surface area contributed by atoms with Crippen molar-refractivity contribution in [3.05, 3.63) is 101 Å². The SMILES string of the molecule is O=C(N/N=C/c1ccccc1)c1cccc(NC(=O)c2ccccc2F)c1. The molecule has 0 saturated carbocycles. The molecule has 5 nitrogen and oxygen atoms in total. The van der Waals surface area contributed by atoms with E-state index in [9.17, 15) is 14.0 Å². The summed E-state index contributed by atoms with van der Waals surface area (Å²) < 4.78 is 13.7. The summed E-state index contributed by atoms with van der Waals surface area (Å²) in [5, 5.41) is 6.49. The molecule has 2 N–H and O–H groups in total. The van der Waals surface area contributed by atoms with Crippen molar-refractivity contribution in [3.8, 4) is 0 Å². The van der Waals surface area contributed by atoms with Crippen molar-refractivity contribution in [1.29, 1.82) is 0 Å². The molecule has 0 fully saturated rings. The number of hydrogen-bond donors (Lipinski definition) is 2. The number of anilines is 1. The first-order chi connectivity index (χ1) is 13.1. The molecule has 0 spiro atoms. The Morgan fingerprint density at radius 1 is 0.852 bits per heavy atom. The average molecular weight is 361 g/mol. The molecule has 6 heteroatoms. The van der Waals surface area contributed by atoms with Crippen molar-refractivity contribution in [2.45, 2.75) is 0 Å². The van der Waals surface area contributed by atoms with Crippen LogP contribution in [0.4, 0.5) is 10.1 Å². The molecule has 0 unspecified atom stereocenters. The lowest BCUT2D eigenvalue weighted by Gasteiger charge is -2.07. The number of halogens is 1. The highest BCUT2D eigenvalue weighted by molar-refractivity contribution is 6.05. The Morgan fingerprint density at radius 2 is 1.59 bits per heavy atom. The number of hydrogen-bond acceptors (Lipinski definition) is 3. The van der Waals surface area contributed by atoms with Crippen molar-refractivity contribution >= 4 is 23.7 Å². The quantitative estimate of drug-likeness (QED) is 0.535. The van der Waals surface area contributed by atoms with Gasteiger partial charge >= 0.3 is 0 Å². The molecule has 0 bridgehead atoms. The molecule has 0 aliphatic carbocycles. The van der Waals surface area contributed by atoms with E-state index in [1.807, 2.05) is 30.3 Å². The van der Waals surface area contributed by atoms with Crippen molar-refractivity contribution in [2.75, 3.05) is 5.32 Å². The van der Waals surface area contributed by atoms with E-state index in [0.29, 0.717) is 11.3 Å². The minimum Gasteiger partial charge on any atom is -0.322 e. The molecule has 134 valence electrons. The summed E-state index contributed by atoms with van der Waals surface area (Å²) >= 11 is 0. The van der Waals surface area contributed by atoms with Gasteiger partial charge in [0.2, 0.25) is 0 Å². The molecule has 0 saturated heterocycles. The van der Waals surface area contributed by atoms with Crippen LogP contribution in [0.15, 0.2) is 84.0 Å². The molecule has 0 aliphatic rings. The zero-order valence-corrected chi connectivity index (χ0v) is 14.2. The Balaban J connectivity index is 1.66. The number of benzene rings is 3. The van der Waals surface area contributed by atoms with Crippen LogP contribution in [0.2, 0.25) is 0 Å². The highest BCUT2D eigenvalue weighted by Gasteiger charge is 2.12. The standard InChI is InChI=1S/C21H16FN3O2/c22-19-12-5-4-11-18(19)21(27)24-17-10-6-9-16(13-17)20(26)25-23-14-15-7-2-1-3-8-15/h1-14H,(H,24,27)(H,25,26)/b23-14+. The van der Waals surface area contributed by atoms with Gasteiger partial charge in [0.15, 0.2) is 0 Å². The predicted molar refractivity (Wildman–Crippen MR) is 102 cm³/mol. The van der Waals surface area contributed by atoms with E-state index in [1.54, 1.807) is 24.3 Å². The molecule has 0 heterocycles. The topological polar surface area (TPSA) is 70.6 Å². The van der Waals surface area contributed by atoms with E-state index < -0.39 is 17.6 Å². The fourth-order valence-electron chi connectivity index (χ4n) is 2.35. The third-order valence-electron chi connectivity index (χ3n) is 3.68. The third kappa shape index (κ3) is 4.85. The van der Waals surface area contributed by atoms with Gasteiger partial charge in [0.05, 0.1) is 11.8 Å². The maximum atomic E-state index is 13.7. The van der Waals surface area contributed by atoms with Gasteiger partial charge in [-0.1, -0.05) is 48.5 Å². The van der Waals surface area contributed by atoms with Crippen LogP contribution >= 0.6 is 0 Å². The molecule has 3 aromatic rings. The summed E-state index contributed by atoms with van der Waals surface area (Å²) in [6, 6.07) is 21.3. The molecule has 0 radical (unpaired) electrons. The Morgan fingerprint density at radius 3 is 2.37 bits per heavy atom. The van der Waals surface area contributed by atoms with Crippen LogP contribution < -0.4 is 10.7 Å². The maximum Gasteiger partial charge on any atom is 0.271 e. The second kappa shape index (κ2) is 8.53. The first-order valence-electron chi connectivity index (χ1n) is 8.18. The fourth-order valence-corrected chi connectivity index (χ4v) is 2.35. The highest BCUT2D eigenvalue weighted by Crippen LogP contribution is 2.14. The fraction of sp³-hybridized carbons (Fsp3) is 0. The molecule has 0 aromatic heterocycles. The minimum atomic E-state index is -0.612. The predicted octanol–water partition coefficient (Wildman–Crippen LogP) is 3.84. The first-order valence-corrected chi connectivity index (χ1v) is 8.18. The van der Waals surface area contributed by atoms with Gasteiger partial charge in [-0.2, -0.15) is 5.10 Å². The molecule has 0 atom stereocenters. The molecule has 27 heavy (non-hydrogen) atoms. The Hall–Kier alpha value is -3.80. The van der Waals surface area contributed by atoms with Crippen molar-refractivity contribution in [2.24, 2.45) is 5.10 Å². The summed E-state index contributed by atoms with van der Waals surface area (Å²) in [5.74, 6) is -1.63. The van der Waals surface area contributed by atoms with Gasteiger partial charge in [-0.15, -0.1) is 0 Å². The summed E-state index contributed by atoms with van der Waals surface area (Å²) in [4.78, 5) is 24.4. The largest absolute Gasteiger partial charge is 0.322 e. The number of hydrazone groups is 1. The van der Waals surface area contributed by atoms with Crippen LogP contribution in [0.3, 0.4) is 0 Å². The summed E-state index contributed by atoms with van der Waals surface area (Å²) in [7, 11) is 0. The maximum absolute atomic E-state index is 13.7. The van der Waals surface area contributed by atoms with Crippen LogP contribution in [0.25, 0.3) is 0 Å². The Kier molecular flexibility index (Phi) is 5.69. The second-order valence-electron chi connectivity index (χ2n) is 5.62. The number of nitrogens with zero attached hydrogens (tertiary/aromatic N) is 1. The zero-order chi connectivity index (χ0) is 19.1. The lowest BCUT2D eigenvalue weighted by Crippen LogP contribution is -2.18. The zero-order valence-electron chi connectivity index (χ0n) is 14.2. The molecular formula is C21H16FN3O2. The van der Waals surface area contributed by atoms with Crippen LogP contribution in [0.5, 0.6) is 0 Å². The molecule has 3 rings (SSSR count).